The quantitative estimate of drug-likeness (QED) is 0.902. The van der Waals surface area contributed by atoms with Gasteiger partial charge in [-0.25, -0.2) is 0 Å². The Bertz CT molecular complexity index is 442. The molecule has 0 aromatic heterocycles. The number of likely N-dealkylation sites (N-methyl/N-ethyl adjacent to an activating group) is 1. The van der Waals surface area contributed by atoms with Gasteiger partial charge < -0.3 is 15.4 Å². The second-order valence-corrected chi connectivity index (χ2v) is 5.59. The van der Waals surface area contributed by atoms with E-state index in [1.54, 1.807) is 4.90 Å². The van der Waals surface area contributed by atoms with Crippen molar-refractivity contribution in [2.75, 3.05) is 13.7 Å². The number of rotatable bonds is 4. The lowest BCUT2D eigenvalue weighted by atomic mass is 10.0. The van der Waals surface area contributed by atoms with Gasteiger partial charge in [0.05, 0.1) is 12.6 Å². The molecule has 2 atom stereocenters. The maximum Gasteiger partial charge on any atom is 0.224 e. The molecular formula is C15H22N2O2. The summed E-state index contributed by atoms with van der Waals surface area (Å²) in [5, 5.41) is 0. The first-order chi connectivity index (χ1) is 8.99. The second kappa shape index (κ2) is 5.61. The summed E-state index contributed by atoms with van der Waals surface area (Å²) >= 11 is 0. The van der Waals surface area contributed by atoms with Crippen molar-refractivity contribution in [2.45, 2.75) is 32.4 Å². The van der Waals surface area contributed by atoms with E-state index in [4.69, 9.17) is 10.5 Å². The standard InChI is InChI=1S/C15H22N2O2/c1-10(2)9-19-12-6-4-11(5-7-12)15-13(16)8-14(18)17(15)3/h4-7,10,13,15H,8-9,16H2,1-3H3. The van der Waals surface area contributed by atoms with Crippen LogP contribution in [0.2, 0.25) is 0 Å². The molecule has 1 saturated heterocycles. The van der Waals surface area contributed by atoms with Crippen molar-refractivity contribution in [3.8, 4) is 5.75 Å². The molecule has 2 unspecified atom stereocenters. The summed E-state index contributed by atoms with van der Waals surface area (Å²) in [7, 11) is 1.81. The van der Waals surface area contributed by atoms with Crippen molar-refractivity contribution < 1.29 is 9.53 Å². The van der Waals surface area contributed by atoms with Crippen molar-refractivity contribution in [2.24, 2.45) is 11.7 Å². The zero-order chi connectivity index (χ0) is 14.0. The summed E-state index contributed by atoms with van der Waals surface area (Å²) in [6.07, 6.45) is 0.423. The second-order valence-electron chi connectivity index (χ2n) is 5.59. The van der Waals surface area contributed by atoms with Crippen LogP contribution in [-0.2, 0) is 4.79 Å². The molecule has 2 rings (SSSR count). The molecule has 1 aromatic carbocycles. The molecule has 1 aliphatic heterocycles. The van der Waals surface area contributed by atoms with Crippen LogP contribution >= 0.6 is 0 Å². The topological polar surface area (TPSA) is 55.6 Å². The van der Waals surface area contributed by atoms with Gasteiger partial charge in [-0.15, -0.1) is 0 Å². The zero-order valence-electron chi connectivity index (χ0n) is 11.8. The third kappa shape index (κ3) is 3.07. The Hall–Kier alpha value is -1.55. The van der Waals surface area contributed by atoms with Gasteiger partial charge in [0.25, 0.3) is 0 Å². The predicted molar refractivity (Wildman–Crippen MR) is 74.9 cm³/mol. The van der Waals surface area contributed by atoms with E-state index in [0.717, 1.165) is 11.3 Å². The van der Waals surface area contributed by atoms with E-state index >= 15 is 0 Å². The van der Waals surface area contributed by atoms with E-state index in [1.165, 1.54) is 0 Å². The summed E-state index contributed by atoms with van der Waals surface area (Å²) in [6.45, 7) is 4.94. The molecular weight excluding hydrogens is 240 g/mol. The minimum absolute atomic E-state index is 0.0216. The van der Waals surface area contributed by atoms with Crippen LogP contribution in [0, 0.1) is 5.92 Å². The van der Waals surface area contributed by atoms with Gasteiger partial charge in [-0.3, -0.25) is 4.79 Å². The molecule has 104 valence electrons. The maximum absolute atomic E-state index is 11.6. The van der Waals surface area contributed by atoms with Crippen LogP contribution in [0.25, 0.3) is 0 Å². The Morgan fingerprint density at radius 2 is 2.00 bits per heavy atom. The molecule has 1 fully saturated rings. The van der Waals surface area contributed by atoms with E-state index in [-0.39, 0.29) is 18.0 Å². The normalized spacial score (nSPS) is 23.2. The fraction of sp³-hybridized carbons (Fsp3) is 0.533. The lowest BCUT2D eigenvalue weighted by molar-refractivity contribution is -0.127. The van der Waals surface area contributed by atoms with Gasteiger partial charge in [0.1, 0.15) is 5.75 Å². The number of carbonyl (C=O) groups excluding carboxylic acids is 1. The summed E-state index contributed by atoms with van der Waals surface area (Å²) in [5.74, 6) is 1.47. The fourth-order valence-electron chi connectivity index (χ4n) is 2.39. The maximum atomic E-state index is 11.6. The molecule has 2 N–H and O–H groups in total. The Labute approximate surface area is 114 Å². The number of carbonyl (C=O) groups is 1. The zero-order valence-corrected chi connectivity index (χ0v) is 11.8. The first kappa shape index (κ1) is 13.9. The largest absolute Gasteiger partial charge is 0.493 e. The third-order valence-corrected chi connectivity index (χ3v) is 3.43. The minimum atomic E-state index is -0.125. The van der Waals surface area contributed by atoms with Crippen molar-refractivity contribution in [3.05, 3.63) is 29.8 Å². The van der Waals surface area contributed by atoms with Crippen LogP contribution in [0.15, 0.2) is 24.3 Å². The van der Waals surface area contributed by atoms with Gasteiger partial charge in [-0.05, 0) is 23.6 Å². The smallest absolute Gasteiger partial charge is 0.224 e. The van der Waals surface area contributed by atoms with Gasteiger partial charge >= 0.3 is 0 Å². The number of hydrogen-bond donors (Lipinski definition) is 1. The fourth-order valence-corrected chi connectivity index (χ4v) is 2.39. The highest BCUT2D eigenvalue weighted by molar-refractivity contribution is 5.80. The third-order valence-electron chi connectivity index (χ3n) is 3.43. The number of benzene rings is 1. The molecule has 1 heterocycles. The van der Waals surface area contributed by atoms with Crippen LogP contribution in [0.5, 0.6) is 5.75 Å². The molecule has 1 aliphatic rings. The number of hydrogen-bond acceptors (Lipinski definition) is 3. The van der Waals surface area contributed by atoms with Crippen LogP contribution < -0.4 is 10.5 Å². The summed E-state index contributed by atoms with van der Waals surface area (Å²) < 4.78 is 5.65. The number of nitrogens with two attached hydrogens (primary N) is 1. The van der Waals surface area contributed by atoms with Crippen LogP contribution in [-0.4, -0.2) is 30.5 Å². The van der Waals surface area contributed by atoms with Gasteiger partial charge in [-0.2, -0.15) is 0 Å². The molecule has 19 heavy (non-hydrogen) atoms. The monoisotopic (exact) mass is 262 g/mol. The lowest BCUT2D eigenvalue weighted by Gasteiger charge is -2.23. The Morgan fingerprint density at radius 1 is 1.37 bits per heavy atom. The van der Waals surface area contributed by atoms with Crippen LogP contribution in [0.3, 0.4) is 0 Å². The number of amides is 1. The van der Waals surface area contributed by atoms with E-state index in [0.29, 0.717) is 18.9 Å². The molecule has 1 amide bonds. The van der Waals surface area contributed by atoms with E-state index in [2.05, 4.69) is 13.8 Å². The Balaban J connectivity index is 2.08. The summed E-state index contributed by atoms with van der Waals surface area (Å²) in [6, 6.07) is 7.73. The first-order valence-electron chi connectivity index (χ1n) is 6.73. The van der Waals surface area contributed by atoms with Crippen molar-refractivity contribution in [1.29, 1.82) is 0 Å². The van der Waals surface area contributed by atoms with Gasteiger partial charge in [0, 0.05) is 19.5 Å². The SMILES string of the molecule is CC(C)COc1ccc(C2C(N)CC(=O)N2C)cc1. The summed E-state index contributed by atoms with van der Waals surface area (Å²) in [5.41, 5.74) is 7.10. The highest BCUT2D eigenvalue weighted by Crippen LogP contribution is 2.31. The highest BCUT2D eigenvalue weighted by Gasteiger charge is 2.35. The van der Waals surface area contributed by atoms with Gasteiger partial charge in [0.2, 0.25) is 5.91 Å². The molecule has 1 aromatic rings. The molecule has 0 saturated carbocycles. The van der Waals surface area contributed by atoms with E-state index in [1.807, 2.05) is 31.3 Å². The molecule has 4 nitrogen and oxygen atoms in total. The van der Waals surface area contributed by atoms with Crippen molar-refractivity contribution >= 4 is 5.91 Å². The van der Waals surface area contributed by atoms with E-state index in [9.17, 15) is 4.79 Å². The minimum Gasteiger partial charge on any atom is -0.493 e. The van der Waals surface area contributed by atoms with Crippen LogP contribution in [0.4, 0.5) is 0 Å². The van der Waals surface area contributed by atoms with Gasteiger partial charge in [-0.1, -0.05) is 26.0 Å². The lowest BCUT2D eigenvalue weighted by Crippen LogP contribution is -2.30. The number of nitrogens with zero attached hydrogens (tertiary/aromatic N) is 1. The van der Waals surface area contributed by atoms with Crippen molar-refractivity contribution in [1.82, 2.24) is 4.90 Å². The molecule has 0 spiro atoms. The Kier molecular flexibility index (Phi) is 4.10. The molecule has 0 bridgehead atoms. The average Bonchev–Trinajstić information content (AvgIpc) is 2.62. The van der Waals surface area contributed by atoms with Crippen LogP contribution in [0.1, 0.15) is 31.9 Å². The van der Waals surface area contributed by atoms with Crippen molar-refractivity contribution in [3.63, 3.8) is 0 Å². The molecule has 0 aliphatic carbocycles. The summed E-state index contributed by atoms with van der Waals surface area (Å²) in [4.78, 5) is 13.4. The first-order valence-corrected chi connectivity index (χ1v) is 6.73. The van der Waals surface area contributed by atoms with Gasteiger partial charge in [0.15, 0.2) is 0 Å². The van der Waals surface area contributed by atoms with E-state index < -0.39 is 0 Å². The average molecular weight is 262 g/mol. The highest BCUT2D eigenvalue weighted by atomic mass is 16.5. The molecule has 4 heteroatoms. The predicted octanol–water partition coefficient (Wildman–Crippen LogP) is 1.95. The number of likely N-dealkylation sites (tertiary alicyclic amines) is 1. The molecule has 0 radical (unpaired) electrons. The Morgan fingerprint density at radius 3 is 2.47 bits per heavy atom. The number of ether oxygens (including phenoxy) is 1.